The molecule has 0 aromatic heterocycles. The van der Waals surface area contributed by atoms with E-state index in [1.807, 2.05) is 0 Å². The van der Waals surface area contributed by atoms with Crippen molar-refractivity contribution in [2.24, 2.45) is 11.8 Å². The van der Waals surface area contributed by atoms with Gasteiger partial charge < -0.3 is 9.84 Å². The van der Waals surface area contributed by atoms with Gasteiger partial charge in [-0.25, -0.2) is 4.39 Å². The normalized spacial score (nSPS) is 17.4. The van der Waals surface area contributed by atoms with Crippen LogP contribution < -0.4 is 4.74 Å². The third-order valence-electron chi connectivity index (χ3n) is 6.07. The third-order valence-corrected chi connectivity index (χ3v) is 6.07. The maximum absolute atomic E-state index is 13.9. The topological polar surface area (TPSA) is 46.5 Å². The van der Waals surface area contributed by atoms with Crippen LogP contribution >= 0.6 is 0 Å². The van der Waals surface area contributed by atoms with E-state index in [4.69, 9.17) is 4.74 Å². The summed E-state index contributed by atoms with van der Waals surface area (Å²) in [5.74, 6) is -6.40. The number of carboxylic acid groups (broad SMARTS) is 1. The quantitative estimate of drug-likeness (QED) is 0.331. The number of carbonyl (C=O) groups is 1. The van der Waals surface area contributed by atoms with Crippen molar-refractivity contribution >= 4 is 5.97 Å². The van der Waals surface area contributed by atoms with Gasteiger partial charge in [-0.15, -0.1) is 0 Å². The Hall–Kier alpha value is -3.51. The molecule has 2 aromatic rings. The van der Waals surface area contributed by atoms with Gasteiger partial charge in [0.2, 0.25) is 0 Å². The average molecular weight is 584 g/mol. The molecule has 218 valence electrons. The highest BCUT2D eigenvalue weighted by atomic mass is 19.4. The lowest BCUT2D eigenvalue weighted by atomic mass is 9.79. The Labute approximate surface area is 221 Å². The molecule has 1 N–H and O–H groups in total. The van der Waals surface area contributed by atoms with Gasteiger partial charge in [0.1, 0.15) is 17.3 Å². The van der Waals surface area contributed by atoms with Crippen LogP contribution in [0.4, 0.5) is 43.9 Å². The van der Waals surface area contributed by atoms with Gasteiger partial charge in [-0.1, -0.05) is 19.4 Å². The van der Waals surface area contributed by atoms with Gasteiger partial charge in [0, 0.05) is 12.0 Å². The lowest BCUT2D eigenvalue weighted by molar-refractivity contribution is -0.143. The van der Waals surface area contributed by atoms with Crippen LogP contribution in [0.3, 0.4) is 0 Å². The van der Waals surface area contributed by atoms with Crippen LogP contribution in [0, 0.1) is 17.7 Å². The molecular formula is C27H22F10O3. The fourth-order valence-corrected chi connectivity index (χ4v) is 4.32. The van der Waals surface area contributed by atoms with Crippen molar-refractivity contribution in [3.8, 4) is 5.75 Å². The molecule has 0 aliphatic heterocycles. The van der Waals surface area contributed by atoms with Crippen molar-refractivity contribution in [1.29, 1.82) is 0 Å². The first-order valence-corrected chi connectivity index (χ1v) is 11.7. The lowest BCUT2D eigenvalue weighted by Gasteiger charge is -2.27. The molecule has 2 atom stereocenters. The molecular weight excluding hydrogens is 562 g/mol. The molecule has 1 aliphatic rings. The molecule has 2 unspecified atom stereocenters. The van der Waals surface area contributed by atoms with E-state index in [0.717, 1.165) is 12.2 Å². The minimum Gasteiger partial charge on any atom is -0.481 e. The van der Waals surface area contributed by atoms with E-state index in [-0.39, 0.29) is 42.2 Å². The number of benzene rings is 2. The number of hydrogen-bond donors (Lipinski definition) is 1. The van der Waals surface area contributed by atoms with E-state index in [2.05, 4.69) is 0 Å². The molecule has 0 heterocycles. The molecule has 0 bridgehead atoms. The van der Waals surface area contributed by atoms with Gasteiger partial charge in [-0.2, -0.15) is 39.5 Å². The maximum atomic E-state index is 13.9. The van der Waals surface area contributed by atoms with E-state index in [0.29, 0.717) is 24.3 Å². The summed E-state index contributed by atoms with van der Waals surface area (Å²) >= 11 is 0. The van der Waals surface area contributed by atoms with E-state index >= 15 is 0 Å². The number of hydrogen-bond acceptors (Lipinski definition) is 2. The Morgan fingerprint density at radius 2 is 1.40 bits per heavy atom. The Kier molecular flexibility index (Phi) is 8.66. The van der Waals surface area contributed by atoms with Gasteiger partial charge >= 0.3 is 24.5 Å². The largest absolute Gasteiger partial charge is 0.481 e. The number of aliphatic carboxylic acids is 1. The van der Waals surface area contributed by atoms with Gasteiger partial charge in [0.15, 0.2) is 0 Å². The smallest absolute Gasteiger partial charge is 0.416 e. The lowest BCUT2D eigenvalue weighted by Crippen LogP contribution is -2.22. The highest BCUT2D eigenvalue weighted by molar-refractivity contribution is 5.74. The molecule has 0 fully saturated rings. The Morgan fingerprint density at radius 3 is 1.88 bits per heavy atom. The molecule has 0 saturated carbocycles. The van der Waals surface area contributed by atoms with Crippen molar-refractivity contribution in [3.05, 3.63) is 88.0 Å². The number of halogens is 10. The van der Waals surface area contributed by atoms with Crippen molar-refractivity contribution in [2.75, 3.05) is 0 Å². The fourth-order valence-electron chi connectivity index (χ4n) is 4.32. The molecule has 40 heavy (non-hydrogen) atoms. The predicted octanol–water partition coefficient (Wildman–Crippen LogP) is 9.01. The van der Waals surface area contributed by atoms with E-state index in [1.54, 1.807) is 13.8 Å². The van der Waals surface area contributed by atoms with Crippen LogP contribution in [0.15, 0.2) is 59.9 Å². The average Bonchev–Trinajstić information content (AvgIpc) is 2.79. The highest BCUT2D eigenvalue weighted by Crippen LogP contribution is 2.42. The summed E-state index contributed by atoms with van der Waals surface area (Å²) in [7, 11) is 0. The summed E-state index contributed by atoms with van der Waals surface area (Å²) in [5.41, 5.74) is -5.02. The van der Waals surface area contributed by atoms with Gasteiger partial charge in [-0.3, -0.25) is 4.79 Å². The molecule has 0 spiro atoms. The van der Waals surface area contributed by atoms with E-state index < -0.39 is 70.2 Å². The first-order chi connectivity index (χ1) is 18.2. The molecule has 0 saturated heterocycles. The van der Waals surface area contributed by atoms with Gasteiger partial charge in [-0.05, 0) is 66.8 Å². The van der Waals surface area contributed by atoms with Crippen LogP contribution in [0.25, 0.3) is 0 Å². The SMILES string of the molecule is CC(C)CC(C(=O)O)C1=CC(Oc2cc(F)cc(C(F)(F)F)c2)=CC(c2cc(C(F)(F)F)cc(C(F)(F)F)c2)C1. The summed E-state index contributed by atoms with van der Waals surface area (Å²) < 4.78 is 140. The van der Waals surface area contributed by atoms with Crippen LogP contribution in [0.1, 0.15) is 54.9 Å². The summed E-state index contributed by atoms with van der Waals surface area (Å²) in [6.07, 6.45) is -13.3. The second-order valence-electron chi connectivity index (χ2n) is 9.73. The maximum Gasteiger partial charge on any atom is 0.416 e. The second-order valence-corrected chi connectivity index (χ2v) is 9.73. The number of ether oxygens (including phenoxy) is 1. The van der Waals surface area contributed by atoms with Crippen molar-refractivity contribution in [1.82, 2.24) is 0 Å². The van der Waals surface area contributed by atoms with Crippen LogP contribution in [-0.2, 0) is 23.3 Å². The summed E-state index contributed by atoms with van der Waals surface area (Å²) in [5, 5.41) is 9.80. The minimum absolute atomic E-state index is 0.0374. The second kappa shape index (κ2) is 11.2. The molecule has 3 rings (SSSR count). The molecule has 0 radical (unpaired) electrons. The molecule has 13 heteroatoms. The van der Waals surface area contributed by atoms with E-state index in [9.17, 15) is 53.8 Å². The minimum atomic E-state index is -5.15. The Morgan fingerprint density at radius 1 is 0.875 bits per heavy atom. The highest BCUT2D eigenvalue weighted by Gasteiger charge is 2.38. The summed E-state index contributed by atoms with van der Waals surface area (Å²) in [6, 6.07) is 2.17. The molecule has 2 aromatic carbocycles. The van der Waals surface area contributed by atoms with Gasteiger partial charge in [0.25, 0.3) is 0 Å². The van der Waals surface area contributed by atoms with E-state index in [1.165, 1.54) is 0 Å². The Bertz CT molecular complexity index is 1290. The van der Waals surface area contributed by atoms with Crippen LogP contribution in [-0.4, -0.2) is 11.1 Å². The number of carboxylic acids is 1. The predicted molar refractivity (Wildman–Crippen MR) is 123 cm³/mol. The summed E-state index contributed by atoms with van der Waals surface area (Å²) in [4.78, 5) is 12.0. The zero-order chi connectivity index (χ0) is 30.2. The van der Waals surface area contributed by atoms with Crippen LogP contribution in [0.5, 0.6) is 5.75 Å². The first-order valence-electron chi connectivity index (χ1n) is 11.7. The standard InChI is InChI=1S/C27H22F10O3/c1-13(2)3-23(24(38)39)16-4-14(15-5-17(25(29,30)31)9-18(6-15)26(32,33)34)7-21(8-16)40-22-11-19(27(35,36)37)10-20(28)12-22/h5-14,23H,3-4H2,1-2H3,(H,38,39). The van der Waals surface area contributed by atoms with Crippen LogP contribution in [0.2, 0.25) is 0 Å². The molecule has 3 nitrogen and oxygen atoms in total. The molecule has 0 amide bonds. The third kappa shape index (κ3) is 7.79. The monoisotopic (exact) mass is 584 g/mol. The zero-order valence-corrected chi connectivity index (χ0v) is 20.8. The number of alkyl halides is 9. The fraction of sp³-hybridized carbons (Fsp3) is 0.370. The number of rotatable bonds is 7. The van der Waals surface area contributed by atoms with Crippen molar-refractivity contribution < 1.29 is 58.5 Å². The van der Waals surface area contributed by atoms with Crippen molar-refractivity contribution in [3.63, 3.8) is 0 Å². The number of allylic oxidation sites excluding steroid dienone is 2. The summed E-state index contributed by atoms with van der Waals surface area (Å²) in [6.45, 7) is 3.38. The molecule has 1 aliphatic carbocycles. The van der Waals surface area contributed by atoms with Gasteiger partial charge in [0.05, 0.1) is 22.6 Å². The van der Waals surface area contributed by atoms with Crippen molar-refractivity contribution in [2.45, 2.75) is 51.1 Å². The first kappa shape index (κ1) is 31.0. The zero-order valence-electron chi connectivity index (χ0n) is 20.8. The Balaban J connectivity index is 2.17.